The summed E-state index contributed by atoms with van der Waals surface area (Å²) in [4.78, 5) is 21.1. The lowest BCUT2D eigenvalue weighted by molar-refractivity contribution is -0.0500. The highest BCUT2D eigenvalue weighted by atomic mass is 32.2. The van der Waals surface area contributed by atoms with Gasteiger partial charge in [0.15, 0.2) is 0 Å². The number of carbonyl (C=O) groups excluding carboxylic acids is 1. The minimum Gasteiger partial charge on any atom is -0.376 e. The number of fused-ring (bicyclic) bond motifs is 1. The lowest BCUT2D eigenvalue weighted by atomic mass is 10.1. The number of aromatic nitrogens is 3. The fourth-order valence-corrected chi connectivity index (χ4v) is 4.25. The van der Waals surface area contributed by atoms with Crippen molar-refractivity contribution in [1.82, 2.24) is 14.5 Å². The van der Waals surface area contributed by atoms with Gasteiger partial charge in [-0.3, -0.25) is 9.36 Å². The number of amides is 1. The van der Waals surface area contributed by atoms with Crippen LogP contribution in [0.5, 0.6) is 5.75 Å². The number of primary amides is 1. The summed E-state index contributed by atoms with van der Waals surface area (Å²) in [6.07, 6.45) is 0. The second-order valence-electron chi connectivity index (χ2n) is 8.29. The number of halogens is 3. The van der Waals surface area contributed by atoms with Crippen molar-refractivity contribution in [3.8, 4) is 11.7 Å². The summed E-state index contributed by atoms with van der Waals surface area (Å²) in [5, 5.41) is 3.79. The highest BCUT2D eigenvalue weighted by molar-refractivity contribution is 7.88. The van der Waals surface area contributed by atoms with E-state index in [1.807, 2.05) is 26.0 Å². The Morgan fingerprint density at radius 3 is 2.46 bits per heavy atom. The molecular formula is C24H22F3N5O4S. The van der Waals surface area contributed by atoms with Crippen molar-refractivity contribution in [2.45, 2.75) is 32.8 Å². The van der Waals surface area contributed by atoms with Gasteiger partial charge in [0.2, 0.25) is 11.9 Å². The van der Waals surface area contributed by atoms with Crippen molar-refractivity contribution < 1.29 is 30.6 Å². The predicted molar refractivity (Wildman–Crippen MR) is 131 cm³/mol. The Balaban J connectivity index is 1.65. The van der Waals surface area contributed by atoms with Crippen LogP contribution in [0.1, 0.15) is 32.9 Å². The van der Waals surface area contributed by atoms with Gasteiger partial charge in [0.1, 0.15) is 11.6 Å². The molecule has 0 unspecified atom stereocenters. The summed E-state index contributed by atoms with van der Waals surface area (Å²) in [6.45, 7) is 5.56. The number of hydrogen-bond acceptors (Lipinski definition) is 7. The topological polar surface area (TPSA) is 129 Å². The first-order valence-corrected chi connectivity index (χ1v) is 12.3. The second kappa shape index (κ2) is 9.39. The Morgan fingerprint density at radius 1 is 1.08 bits per heavy atom. The van der Waals surface area contributed by atoms with Crippen LogP contribution < -0.4 is 15.2 Å². The van der Waals surface area contributed by atoms with Crippen LogP contribution in [0.15, 0.2) is 48.5 Å². The molecule has 0 aliphatic heterocycles. The van der Waals surface area contributed by atoms with E-state index >= 15 is 0 Å². The maximum atomic E-state index is 12.6. The molecule has 9 nitrogen and oxygen atoms in total. The maximum Gasteiger partial charge on any atom is 0.534 e. The van der Waals surface area contributed by atoms with Crippen molar-refractivity contribution in [3.05, 3.63) is 76.6 Å². The highest BCUT2D eigenvalue weighted by Crippen LogP contribution is 2.29. The van der Waals surface area contributed by atoms with Gasteiger partial charge < -0.3 is 15.2 Å². The molecule has 2 heterocycles. The van der Waals surface area contributed by atoms with Gasteiger partial charge in [0.25, 0.3) is 0 Å². The number of nitrogens with zero attached hydrogens (tertiary/aromatic N) is 3. The molecule has 0 radical (unpaired) electrons. The zero-order valence-corrected chi connectivity index (χ0v) is 20.7. The van der Waals surface area contributed by atoms with Crippen molar-refractivity contribution >= 4 is 32.7 Å². The molecule has 0 fully saturated rings. The summed E-state index contributed by atoms with van der Waals surface area (Å²) in [6, 6.07) is 12.3. The average molecular weight is 534 g/mol. The molecule has 37 heavy (non-hydrogen) atoms. The first-order valence-electron chi connectivity index (χ1n) is 10.9. The summed E-state index contributed by atoms with van der Waals surface area (Å²) in [7, 11) is -5.78. The van der Waals surface area contributed by atoms with E-state index in [1.165, 1.54) is 12.1 Å². The summed E-state index contributed by atoms with van der Waals surface area (Å²) < 4.78 is 66.6. The molecule has 0 aliphatic carbocycles. The number of hydrogen-bond donors (Lipinski definition) is 2. The molecule has 0 saturated heterocycles. The molecule has 3 N–H and O–H groups in total. The smallest absolute Gasteiger partial charge is 0.376 e. The van der Waals surface area contributed by atoms with Crippen LogP contribution in [0, 0.1) is 20.8 Å². The summed E-state index contributed by atoms with van der Waals surface area (Å²) in [5.41, 5.74) is 3.69. The second-order valence-corrected chi connectivity index (χ2v) is 9.83. The predicted octanol–water partition coefficient (Wildman–Crippen LogP) is 4.29. The Kier molecular flexibility index (Phi) is 6.59. The normalized spacial score (nSPS) is 12.1. The molecule has 0 aliphatic rings. The van der Waals surface area contributed by atoms with E-state index in [4.69, 9.17) is 5.73 Å². The zero-order chi connectivity index (χ0) is 27.1. The van der Waals surface area contributed by atoms with Crippen molar-refractivity contribution in [2.24, 2.45) is 5.73 Å². The lowest BCUT2D eigenvalue weighted by Gasteiger charge is -2.15. The molecule has 0 spiro atoms. The summed E-state index contributed by atoms with van der Waals surface area (Å²) in [5.74, 6) is -0.218. The van der Waals surface area contributed by atoms with Crippen molar-refractivity contribution in [2.75, 3.05) is 5.32 Å². The van der Waals surface area contributed by atoms with Crippen LogP contribution in [-0.4, -0.2) is 34.4 Å². The van der Waals surface area contributed by atoms with Crippen molar-refractivity contribution in [1.29, 1.82) is 0 Å². The van der Waals surface area contributed by atoms with Crippen molar-refractivity contribution in [3.63, 3.8) is 0 Å². The van der Waals surface area contributed by atoms with Crippen LogP contribution in [0.25, 0.3) is 16.9 Å². The molecular weight excluding hydrogens is 511 g/mol. The quantitative estimate of drug-likeness (QED) is 0.268. The van der Waals surface area contributed by atoms with Crippen LogP contribution in [0.2, 0.25) is 0 Å². The maximum absolute atomic E-state index is 12.6. The Bertz CT molecular complexity index is 1630. The summed E-state index contributed by atoms with van der Waals surface area (Å²) >= 11 is 0. The number of anilines is 1. The van der Waals surface area contributed by atoms with Gasteiger partial charge in [-0.25, -0.2) is 4.98 Å². The van der Waals surface area contributed by atoms with Gasteiger partial charge in [0, 0.05) is 34.4 Å². The van der Waals surface area contributed by atoms with Gasteiger partial charge in [-0.2, -0.15) is 26.6 Å². The standard InChI is InChI=1S/C24H22F3N5O4S/c1-13-10-19-18(21(28)33)8-5-9-20(19)32(13)23-30-15(3)14(2)22(31-23)29-12-16-6-4-7-17(11-16)36-37(34,35)24(25,26)27/h4-11H,12H2,1-3H3,(H2,28,33)(H,29,30,31). The van der Waals surface area contributed by atoms with E-state index < -0.39 is 27.3 Å². The molecule has 4 aromatic rings. The largest absolute Gasteiger partial charge is 0.534 e. The minimum atomic E-state index is -5.78. The molecule has 0 bridgehead atoms. The van der Waals surface area contributed by atoms with E-state index in [2.05, 4.69) is 19.5 Å². The minimum absolute atomic E-state index is 0.108. The van der Waals surface area contributed by atoms with Gasteiger partial charge >= 0.3 is 15.6 Å². The van der Waals surface area contributed by atoms with Crippen LogP contribution in [0.4, 0.5) is 19.0 Å². The molecule has 0 saturated carbocycles. The SMILES string of the molecule is Cc1nc(-n2c(C)cc3c(C(N)=O)cccc32)nc(NCc2cccc(OS(=O)(=O)C(F)(F)F)c2)c1C. The number of rotatable bonds is 7. The first-order chi connectivity index (χ1) is 17.3. The third-order valence-electron chi connectivity index (χ3n) is 5.72. The zero-order valence-electron chi connectivity index (χ0n) is 19.9. The van der Waals surface area contributed by atoms with E-state index in [0.717, 1.165) is 17.3 Å². The Labute approximate surface area is 210 Å². The number of nitrogens with one attached hydrogen (secondary N) is 1. The molecule has 1 amide bonds. The average Bonchev–Trinajstić information content (AvgIpc) is 3.14. The van der Waals surface area contributed by atoms with Gasteiger partial charge in [0.05, 0.1) is 5.52 Å². The highest BCUT2D eigenvalue weighted by Gasteiger charge is 2.48. The lowest BCUT2D eigenvalue weighted by Crippen LogP contribution is -2.28. The number of benzene rings is 2. The van der Waals surface area contributed by atoms with Gasteiger partial charge in [-0.05, 0) is 56.7 Å². The molecule has 0 atom stereocenters. The van der Waals surface area contributed by atoms with E-state index in [9.17, 15) is 26.4 Å². The molecule has 4 rings (SSSR count). The fourth-order valence-electron chi connectivity index (χ4n) is 3.80. The van der Waals surface area contributed by atoms with E-state index in [1.54, 1.807) is 29.7 Å². The third-order valence-corrected chi connectivity index (χ3v) is 6.70. The third kappa shape index (κ3) is 5.07. The van der Waals surface area contributed by atoms with E-state index in [-0.39, 0.29) is 6.54 Å². The molecule has 2 aromatic carbocycles. The Morgan fingerprint density at radius 2 is 1.78 bits per heavy atom. The number of aryl methyl sites for hydroxylation is 2. The number of nitrogens with two attached hydrogens (primary N) is 1. The monoisotopic (exact) mass is 533 g/mol. The first kappa shape index (κ1) is 25.9. The van der Waals surface area contributed by atoms with Gasteiger partial charge in [-0.15, -0.1) is 0 Å². The fraction of sp³-hybridized carbons (Fsp3) is 0.208. The Hall–Kier alpha value is -4.13. The van der Waals surface area contributed by atoms with Gasteiger partial charge in [-0.1, -0.05) is 18.2 Å². The number of carbonyl (C=O) groups is 1. The number of alkyl halides is 3. The van der Waals surface area contributed by atoms with Crippen LogP contribution >= 0.6 is 0 Å². The molecule has 13 heteroatoms. The van der Waals surface area contributed by atoms with Crippen LogP contribution in [0.3, 0.4) is 0 Å². The van der Waals surface area contributed by atoms with E-state index in [0.29, 0.717) is 39.5 Å². The molecule has 2 aromatic heterocycles. The van der Waals surface area contributed by atoms with Crippen LogP contribution in [-0.2, 0) is 16.7 Å². The molecule has 194 valence electrons.